The Morgan fingerprint density at radius 2 is 1.53 bits per heavy atom. The Kier molecular flexibility index (Phi) is 6.28. The first kappa shape index (κ1) is 21.3. The lowest BCUT2D eigenvalue weighted by Crippen LogP contribution is -2.11. The van der Waals surface area contributed by atoms with Crippen molar-refractivity contribution in [2.75, 3.05) is 16.0 Å². The lowest BCUT2D eigenvalue weighted by molar-refractivity contribution is 0.102. The fourth-order valence-electron chi connectivity index (χ4n) is 3.05. The van der Waals surface area contributed by atoms with Crippen LogP contribution in [-0.2, 0) is 0 Å². The zero-order valence-electron chi connectivity index (χ0n) is 17.6. The second-order valence-electron chi connectivity index (χ2n) is 7.20. The summed E-state index contributed by atoms with van der Waals surface area (Å²) in [5.41, 5.74) is 3.10. The molecule has 0 aliphatic heterocycles. The van der Waals surface area contributed by atoms with E-state index in [2.05, 4.69) is 30.9 Å². The topological polar surface area (TPSA) is 91.8 Å². The molecule has 3 N–H and O–H groups in total. The number of rotatable bonds is 6. The van der Waals surface area contributed by atoms with E-state index >= 15 is 0 Å². The molecule has 0 aliphatic rings. The number of pyridine rings is 1. The summed E-state index contributed by atoms with van der Waals surface area (Å²) >= 11 is 5.96. The minimum atomic E-state index is -0.222. The molecule has 2 heterocycles. The van der Waals surface area contributed by atoms with Crippen LogP contribution in [0.15, 0.2) is 72.9 Å². The van der Waals surface area contributed by atoms with E-state index < -0.39 is 0 Å². The Balaban J connectivity index is 1.44. The maximum Gasteiger partial charge on any atom is 0.255 e. The predicted octanol–water partition coefficient (Wildman–Crippen LogP) is 5.88. The van der Waals surface area contributed by atoms with Crippen molar-refractivity contribution in [1.29, 1.82) is 0 Å². The van der Waals surface area contributed by atoms with Crippen LogP contribution in [0.2, 0.25) is 5.02 Å². The maximum atomic E-state index is 12.4. The van der Waals surface area contributed by atoms with E-state index in [1.165, 1.54) is 0 Å². The number of amides is 1. The molecule has 8 heteroatoms. The normalized spacial score (nSPS) is 10.5. The van der Waals surface area contributed by atoms with Crippen molar-refractivity contribution in [1.82, 2.24) is 15.0 Å². The average Bonchev–Trinajstić information content (AvgIpc) is 2.75. The standard InChI is InChI=1S/C24H21ClN6O/c1-15-10-11-26-21(12-15)31-23-14-22(27-16(2)28-23)29-19-6-8-20(9-7-19)30-24(32)17-4-3-5-18(25)13-17/h3-14H,1-2H3,(H,30,32)(H2,26,27,28,29,31). The molecule has 2 aromatic heterocycles. The number of nitrogens with one attached hydrogen (secondary N) is 3. The van der Waals surface area contributed by atoms with Crippen LogP contribution in [0.25, 0.3) is 0 Å². The van der Waals surface area contributed by atoms with Crippen molar-refractivity contribution in [3.05, 3.63) is 94.9 Å². The molecule has 0 aliphatic carbocycles. The molecular formula is C24H21ClN6O. The number of aryl methyl sites for hydroxylation is 2. The molecule has 7 nitrogen and oxygen atoms in total. The van der Waals surface area contributed by atoms with E-state index in [9.17, 15) is 4.79 Å². The number of anilines is 5. The minimum Gasteiger partial charge on any atom is -0.340 e. The lowest BCUT2D eigenvalue weighted by atomic mass is 10.2. The van der Waals surface area contributed by atoms with E-state index in [1.807, 2.05) is 56.3 Å². The number of aromatic nitrogens is 3. The Morgan fingerprint density at radius 3 is 2.25 bits per heavy atom. The number of hydrogen-bond donors (Lipinski definition) is 3. The van der Waals surface area contributed by atoms with Crippen molar-refractivity contribution in [2.45, 2.75) is 13.8 Å². The van der Waals surface area contributed by atoms with Gasteiger partial charge in [0.1, 0.15) is 23.3 Å². The van der Waals surface area contributed by atoms with E-state index in [0.29, 0.717) is 39.6 Å². The van der Waals surface area contributed by atoms with Crippen molar-refractivity contribution in [3.8, 4) is 0 Å². The van der Waals surface area contributed by atoms with Crippen molar-refractivity contribution < 1.29 is 4.79 Å². The van der Waals surface area contributed by atoms with Crippen LogP contribution in [0.4, 0.5) is 28.8 Å². The lowest BCUT2D eigenvalue weighted by Gasteiger charge is -2.11. The summed E-state index contributed by atoms with van der Waals surface area (Å²) in [6, 6.07) is 19.9. The fraction of sp³-hybridized carbons (Fsp3) is 0.0833. The van der Waals surface area contributed by atoms with Crippen LogP contribution in [-0.4, -0.2) is 20.9 Å². The van der Waals surface area contributed by atoms with Gasteiger partial charge in [-0.25, -0.2) is 15.0 Å². The molecule has 0 atom stereocenters. The maximum absolute atomic E-state index is 12.4. The first-order valence-corrected chi connectivity index (χ1v) is 10.3. The second kappa shape index (κ2) is 9.45. The summed E-state index contributed by atoms with van der Waals surface area (Å²) in [4.78, 5) is 25.5. The summed E-state index contributed by atoms with van der Waals surface area (Å²) in [6.45, 7) is 3.83. The highest BCUT2D eigenvalue weighted by Gasteiger charge is 2.08. The fourth-order valence-corrected chi connectivity index (χ4v) is 3.24. The molecule has 160 valence electrons. The summed E-state index contributed by atoms with van der Waals surface area (Å²) in [5.74, 6) is 2.40. The van der Waals surface area contributed by atoms with Crippen LogP contribution in [0.1, 0.15) is 21.7 Å². The molecule has 0 bridgehead atoms. The van der Waals surface area contributed by atoms with Gasteiger partial charge in [-0.3, -0.25) is 4.79 Å². The SMILES string of the molecule is Cc1ccnc(Nc2cc(Nc3ccc(NC(=O)c4cccc(Cl)c4)cc3)nc(C)n2)c1. The molecule has 1 amide bonds. The van der Waals surface area contributed by atoms with Gasteiger partial charge in [-0.1, -0.05) is 17.7 Å². The third-order valence-electron chi connectivity index (χ3n) is 4.51. The summed E-state index contributed by atoms with van der Waals surface area (Å²) in [5, 5.41) is 9.84. The van der Waals surface area contributed by atoms with Crippen LogP contribution in [0.5, 0.6) is 0 Å². The van der Waals surface area contributed by atoms with E-state index in [1.54, 1.807) is 30.5 Å². The van der Waals surface area contributed by atoms with Gasteiger partial charge in [-0.15, -0.1) is 0 Å². The van der Waals surface area contributed by atoms with Crippen LogP contribution in [0.3, 0.4) is 0 Å². The molecule has 0 unspecified atom stereocenters. The quantitative estimate of drug-likeness (QED) is 0.344. The van der Waals surface area contributed by atoms with Gasteiger partial charge in [0.2, 0.25) is 0 Å². The van der Waals surface area contributed by atoms with Gasteiger partial charge in [0, 0.05) is 34.2 Å². The van der Waals surface area contributed by atoms with Crippen molar-refractivity contribution >= 4 is 46.3 Å². The summed E-state index contributed by atoms with van der Waals surface area (Å²) < 4.78 is 0. The van der Waals surface area contributed by atoms with Crippen LogP contribution >= 0.6 is 11.6 Å². The van der Waals surface area contributed by atoms with Gasteiger partial charge in [-0.2, -0.15) is 0 Å². The highest BCUT2D eigenvalue weighted by molar-refractivity contribution is 6.31. The van der Waals surface area contributed by atoms with Gasteiger partial charge < -0.3 is 16.0 Å². The Labute approximate surface area is 190 Å². The molecule has 0 saturated carbocycles. The van der Waals surface area contributed by atoms with Crippen molar-refractivity contribution in [2.24, 2.45) is 0 Å². The highest BCUT2D eigenvalue weighted by atomic mass is 35.5. The van der Waals surface area contributed by atoms with Crippen LogP contribution < -0.4 is 16.0 Å². The number of hydrogen-bond acceptors (Lipinski definition) is 6. The zero-order valence-corrected chi connectivity index (χ0v) is 18.3. The summed E-state index contributed by atoms with van der Waals surface area (Å²) in [7, 11) is 0. The highest BCUT2D eigenvalue weighted by Crippen LogP contribution is 2.22. The summed E-state index contributed by atoms with van der Waals surface area (Å²) in [6.07, 6.45) is 1.75. The molecule has 4 aromatic rings. The third kappa shape index (κ3) is 5.59. The molecular weight excluding hydrogens is 424 g/mol. The molecule has 2 aromatic carbocycles. The first-order valence-electron chi connectivity index (χ1n) is 9.94. The molecule has 0 radical (unpaired) electrons. The number of carbonyl (C=O) groups is 1. The Bertz CT molecular complexity index is 1260. The van der Waals surface area contributed by atoms with Crippen LogP contribution in [0, 0.1) is 13.8 Å². The zero-order chi connectivity index (χ0) is 22.5. The average molecular weight is 445 g/mol. The first-order chi connectivity index (χ1) is 15.4. The van der Waals surface area contributed by atoms with Gasteiger partial charge in [0.15, 0.2) is 0 Å². The molecule has 0 spiro atoms. The molecule has 4 rings (SSSR count). The van der Waals surface area contributed by atoms with E-state index in [0.717, 1.165) is 11.3 Å². The van der Waals surface area contributed by atoms with E-state index in [-0.39, 0.29) is 5.91 Å². The Morgan fingerprint density at radius 1 is 0.812 bits per heavy atom. The number of benzene rings is 2. The van der Waals surface area contributed by atoms with Gasteiger partial charge >= 0.3 is 0 Å². The number of carbonyl (C=O) groups excluding carboxylic acids is 1. The smallest absolute Gasteiger partial charge is 0.255 e. The predicted molar refractivity (Wildman–Crippen MR) is 128 cm³/mol. The second-order valence-corrected chi connectivity index (χ2v) is 7.63. The molecule has 32 heavy (non-hydrogen) atoms. The monoisotopic (exact) mass is 444 g/mol. The Hall–Kier alpha value is -3.97. The number of halogens is 1. The van der Waals surface area contributed by atoms with Gasteiger partial charge in [0.05, 0.1) is 0 Å². The molecule has 0 fully saturated rings. The minimum absolute atomic E-state index is 0.222. The van der Waals surface area contributed by atoms with Gasteiger partial charge in [0.25, 0.3) is 5.91 Å². The molecule has 0 saturated heterocycles. The van der Waals surface area contributed by atoms with E-state index in [4.69, 9.17) is 11.6 Å². The largest absolute Gasteiger partial charge is 0.340 e. The van der Waals surface area contributed by atoms with Gasteiger partial charge in [-0.05, 0) is 74.0 Å². The van der Waals surface area contributed by atoms with Crippen molar-refractivity contribution in [3.63, 3.8) is 0 Å². The number of nitrogens with zero attached hydrogens (tertiary/aromatic N) is 3. The third-order valence-corrected chi connectivity index (χ3v) is 4.75.